The Labute approximate surface area is 385 Å². The maximum absolute atomic E-state index is 5.21. The van der Waals surface area contributed by atoms with Gasteiger partial charge in [0.15, 0.2) is 0 Å². The van der Waals surface area contributed by atoms with Crippen molar-refractivity contribution in [1.29, 1.82) is 0 Å². The fourth-order valence-electron chi connectivity index (χ4n) is 12.1. The lowest BCUT2D eigenvalue weighted by Gasteiger charge is -2.33. The number of aromatic nitrogens is 2. The molecule has 330 valence electrons. The molecule has 2 aliphatic rings. The summed E-state index contributed by atoms with van der Waals surface area (Å²) in [5.41, 5.74) is 18.9. The Bertz CT molecular complexity index is 2490. The van der Waals surface area contributed by atoms with E-state index in [2.05, 4.69) is 149 Å². The van der Waals surface area contributed by atoms with Crippen molar-refractivity contribution in [1.82, 2.24) is 9.97 Å². The van der Waals surface area contributed by atoms with Gasteiger partial charge < -0.3 is 0 Å². The zero-order valence-corrected chi connectivity index (χ0v) is 39.6. The zero-order chi connectivity index (χ0) is 43.9. The van der Waals surface area contributed by atoms with Gasteiger partial charge in [-0.05, 0) is 106 Å². The quantitative estimate of drug-likeness (QED) is 0.0502. The molecule has 0 saturated heterocycles. The minimum atomic E-state index is 0.0686. The summed E-state index contributed by atoms with van der Waals surface area (Å²) in [6, 6.07) is 42.5. The summed E-state index contributed by atoms with van der Waals surface area (Å²) in [6.45, 7) is 9.29. The molecule has 2 heteroatoms. The van der Waals surface area contributed by atoms with E-state index in [1.165, 1.54) is 184 Å². The maximum atomic E-state index is 5.21. The first-order valence-electron chi connectivity index (χ1n) is 25.7. The lowest BCUT2D eigenvalue weighted by molar-refractivity contribution is 0.401. The minimum absolute atomic E-state index is 0.0686. The molecule has 0 saturated carbocycles. The van der Waals surface area contributed by atoms with Gasteiger partial charge in [0.05, 0.1) is 11.0 Å². The summed E-state index contributed by atoms with van der Waals surface area (Å²) in [5, 5.41) is 2.29. The number of fused-ring (bicyclic) bond motifs is 9. The standard InChI is InChI=1S/C62H72N2/c1-5-9-13-21-35-61(36-22-14-10-6-2)55-27-19-17-25-51(55)53-33-31-45(41-57(53)61)49-39-47-29-30-48-40-50(44-64-60(48)59(47)63-43-49)46-32-34-54-52-26-18-20-28-56(52)62(58(54)42-46,37-23-15-11-7-3)38-24-16-12-8-4/h17-20,25-34,39-44H,5-16,21-24,35-38H2,1-4H3. The molecule has 0 N–H and O–H groups in total. The number of hydrogen-bond acceptors (Lipinski definition) is 2. The highest BCUT2D eigenvalue weighted by atomic mass is 14.7. The molecule has 7 aromatic rings. The molecule has 64 heavy (non-hydrogen) atoms. The van der Waals surface area contributed by atoms with Crippen molar-refractivity contribution in [3.05, 3.63) is 144 Å². The minimum Gasteiger partial charge on any atom is -0.253 e. The Hall–Kier alpha value is -5.08. The van der Waals surface area contributed by atoms with Crippen LogP contribution in [0.15, 0.2) is 122 Å². The Kier molecular flexibility index (Phi) is 13.8. The average molecular weight is 845 g/mol. The van der Waals surface area contributed by atoms with Crippen molar-refractivity contribution in [2.45, 2.75) is 167 Å². The molecule has 2 aliphatic carbocycles. The van der Waals surface area contributed by atoms with Gasteiger partial charge in [0.25, 0.3) is 0 Å². The third kappa shape index (κ3) is 8.36. The highest BCUT2D eigenvalue weighted by molar-refractivity contribution is 6.04. The molecule has 2 nitrogen and oxygen atoms in total. The Balaban J connectivity index is 1.05. The predicted molar refractivity (Wildman–Crippen MR) is 275 cm³/mol. The van der Waals surface area contributed by atoms with Crippen molar-refractivity contribution in [2.24, 2.45) is 0 Å². The van der Waals surface area contributed by atoms with Crippen LogP contribution in [0.1, 0.15) is 178 Å². The van der Waals surface area contributed by atoms with Crippen LogP contribution in [0.4, 0.5) is 0 Å². The Morgan fingerprint density at radius 3 is 1.06 bits per heavy atom. The molecule has 2 heterocycles. The van der Waals surface area contributed by atoms with Gasteiger partial charge in [0.2, 0.25) is 0 Å². The van der Waals surface area contributed by atoms with Gasteiger partial charge in [-0.2, -0.15) is 0 Å². The predicted octanol–water partition coefficient (Wildman–Crippen LogP) is 18.5. The SMILES string of the molecule is CCCCCCC1(CCCCCC)c2ccccc2-c2ccc(-c3cnc4c(ccc5cc(-c6ccc7c(c6)C(CCCCCC)(CCCCCC)c6ccccc6-7)cnc54)c3)cc21. The molecule has 0 spiro atoms. The van der Waals surface area contributed by atoms with Crippen molar-refractivity contribution in [3.8, 4) is 44.5 Å². The van der Waals surface area contributed by atoms with Crippen LogP contribution in [0.25, 0.3) is 66.3 Å². The molecule has 5 aromatic carbocycles. The smallest absolute Gasteiger partial charge is 0.0965 e. The van der Waals surface area contributed by atoms with Crippen LogP contribution < -0.4 is 0 Å². The monoisotopic (exact) mass is 845 g/mol. The average Bonchev–Trinajstić information content (AvgIpc) is 3.77. The largest absolute Gasteiger partial charge is 0.253 e. The first-order chi connectivity index (χ1) is 31.5. The lowest BCUT2D eigenvalue weighted by Crippen LogP contribution is -2.25. The molecule has 0 amide bonds. The molecular weight excluding hydrogens is 773 g/mol. The highest BCUT2D eigenvalue weighted by Gasteiger charge is 2.43. The van der Waals surface area contributed by atoms with Gasteiger partial charge in [0.1, 0.15) is 0 Å². The normalized spacial score (nSPS) is 14.2. The number of pyridine rings is 2. The van der Waals surface area contributed by atoms with E-state index in [4.69, 9.17) is 9.97 Å². The van der Waals surface area contributed by atoms with E-state index in [0.717, 1.165) is 21.8 Å². The number of benzene rings is 5. The van der Waals surface area contributed by atoms with E-state index in [0.29, 0.717) is 0 Å². The third-order valence-corrected chi connectivity index (χ3v) is 15.5. The van der Waals surface area contributed by atoms with E-state index in [9.17, 15) is 0 Å². The van der Waals surface area contributed by atoms with Crippen LogP contribution in [0.2, 0.25) is 0 Å². The summed E-state index contributed by atoms with van der Waals surface area (Å²) < 4.78 is 0. The van der Waals surface area contributed by atoms with E-state index < -0.39 is 0 Å². The molecule has 0 radical (unpaired) electrons. The van der Waals surface area contributed by atoms with Crippen LogP contribution in [-0.4, -0.2) is 9.97 Å². The van der Waals surface area contributed by atoms with Crippen LogP contribution in [0, 0.1) is 0 Å². The van der Waals surface area contributed by atoms with Crippen LogP contribution in [0.3, 0.4) is 0 Å². The lowest BCUT2D eigenvalue weighted by atomic mass is 9.70. The topological polar surface area (TPSA) is 25.8 Å². The summed E-state index contributed by atoms with van der Waals surface area (Å²) in [5.74, 6) is 0. The fraction of sp³-hybridized carbons (Fsp3) is 0.419. The second kappa shape index (κ2) is 20.0. The highest BCUT2D eigenvalue weighted by Crippen LogP contribution is 2.56. The van der Waals surface area contributed by atoms with E-state index >= 15 is 0 Å². The molecule has 0 aliphatic heterocycles. The van der Waals surface area contributed by atoms with Crippen molar-refractivity contribution in [2.75, 3.05) is 0 Å². The van der Waals surface area contributed by atoms with E-state index in [1.807, 2.05) is 0 Å². The molecule has 0 bridgehead atoms. The summed E-state index contributed by atoms with van der Waals surface area (Å²) in [7, 11) is 0. The van der Waals surface area contributed by atoms with Crippen molar-refractivity contribution >= 4 is 21.8 Å². The Morgan fingerprint density at radius 1 is 0.328 bits per heavy atom. The van der Waals surface area contributed by atoms with Gasteiger partial charge in [-0.25, -0.2) is 0 Å². The van der Waals surface area contributed by atoms with Crippen molar-refractivity contribution < 1.29 is 0 Å². The van der Waals surface area contributed by atoms with Crippen LogP contribution in [-0.2, 0) is 10.8 Å². The molecule has 0 unspecified atom stereocenters. The van der Waals surface area contributed by atoms with E-state index in [-0.39, 0.29) is 10.8 Å². The number of rotatable bonds is 22. The maximum Gasteiger partial charge on any atom is 0.0965 e. The molecule has 0 fully saturated rings. The first-order valence-corrected chi connectivity index (χ1v) is 25.7. The number of nitrogens with zero attached hydrogens (tertiary/aromatic N) is 2. The van der Waals surface area contributed by atoms with Gasteiger partial charge in [-0.3, -0.25) is 9.97 Å². The fourth-order valence-corrected chi connectivity index (χ4v) is 12.1. The summed E-state index contributed by atoms with van der Waals surface area (Å²) >= 11 is 0. The molecule has 2 aromatic heterocycles. The zero-order valence-electron chi connectivity index (χ0n) is 39.6. The molecular formula is C62H72N2. The second-order valence-corrected chi connectivity index (χ2v) is 19.7. The van der Waals surface area contributed by atoms with Gasteiger partial charge in [-0.1, -0.05) is 215 Å². The third-order valence-electron chi connectivity index (χ3n) is 15.5. The molecule has 9 rings (SSSR count). The van der Waals surface area contributed by atoms with E-state index in [1.54, 1.807) is 11.1 Å². The van der Waals surface area contributed by atoms with Gasteiger partial charge in [-0.15, -0.1) is 0 Å². The van der Waals surface area contributed by atoms with Crippen LogP contribution in [0.5, 0.6) is 0 Å². The first kappa shape index (κ1) is 44.1. The van der Waals surface area contributed by atoms with Gasteiger partial charge >= 0.3 is 0 Å². The van der Waals surface area contributed by atoms with Crippen LogP contribution >= 0.6 is 0 Å². The molecule has 0 atom stereocenters. The van der Waals surface area contributed by atoms with Gasteiger partial charge in [0, 0.05) is 45.1 Å². The second-order valence-electron chi connectivity index (χ2n) is 19.7. The summed E-state index contributed by atoms with van der Waals surface area (Å²) in [4.78, 5) is 10.4. The number of hydrogen-bond donors (Lipinski definition) is 0. The number of unbranched alkanes of at least 4 members (excludes halogenated alkanes) is 12. The Morgan fingerprint density at radius 2 is 0.688 bits per heavy atom. The van der Waals surface area contributed by atoms with Crippen molar-refractivity contribution in [3.63, 3.8) is 0 Å². The summed E-state index contributed by atoms with van der Waals surface area (Å²) in [6.07, 6.45) is 29.8.